The van der Waals surface area contributed by atoms with Crippen molar-refractivity contribution in [3.8, 4) is 5.75 Å². The van der Waals surface area contributed by atoms with Gasteiger partial charge in [-0.15, -0.1) is 0 Å². The van der Waals surface area contributed by atoms with E-state index in [4.69, 9.17) is 23.8 Å². The number of nitrogens with zero attached hydrogens (tertiary/aromatic N) is 3. The fraction of sp³-hybridized carbons (Fsp3) is 0.167. The molecule has 0 unspecified atom stereocenters. The van der Waals surface area contributed by atoms with E-state index in [0.29, 0.717) is 28.8 Å². The maximum Gasteiger partial charge on any atom is 0.373 e. The minimum absolute atomic E-state index is 0.0338. The van der Waals surface area contributed by atoms with Gasteiger partial charge in [-0.1, -0.05) is 12.1 Å². The second kappa shape index (κ2) is 8.13. The van der Waals surface area contributed by atoms with Gasteiger partial charge in [0.25, 0.3) is 0 Å². The normalized spacial score (nSPS) is 10.3. The topological polar surface area (TPSA) is 119 Å². The van der Waals surface area contributed by atoms with Crippen LogP contribution in [-0.4, -0.2) is 39.0 Å². The van der Waals surface area contributed by atoms with Gasteiger partial charge in [0.2, 0.25) is 5.95 Å². The fourth-order valence-corrected chi connectivity index (χ4v) is 2.56. The summed E-state index contributed by atoms with van der Waals surface area (Å²) in [6.07, 6.45) is 0.250. The van der Waals surface area contributed by atoms with Gasteiger partial charge in [-0.25, -0.2) is 4.98 Å². The Balaban J connectivity index is 0.000000659. The molecule has 0 fully saturated rings. The molecule has 0 aliphatic heterocycles. The van der Waals surface area contributed by atoms with Crippen LogP contribution in [0.4, 0.5) is 12.0 Å². The van der Waals surface area contributed by atoms with Crippen LogP contribution in [0.1, 0.15) is 0 Å². The second-order valence-electron chi connectivity index (χ2n) is 5.41. The zero-order valence-electron chi connectivity index (χ0n) is 14.4. The Labute approximate surface area is 153 Å². The Kier molecular flexibility index (Phi) is 5.46. The molecule has 2 aromatic heterocycles. The molecule has 4 aromatic rings. The third-order valence-corrected chi connectivity index (χ3v) is 3.73. The number of imidazole rings is 1. The maximum absolute atomic E-state index is 8.81. The fourth-order valence-electron chi connectivity index (χ4n) is 2.56. The average molecular weight is 368 g/mol. The van der Waals surface area contributed by atoms with Crippen molar-refractivity contribution in [3.63, 3.8) is 0 Å². The lowest BCUT2D eigenvalue weighted by Gasteiger charge is -2.02. The van der Waals surface area contributed by atoms with Gasteiger partial charge in [0.1, 0.15) is 17.9 Å². The third kappa shape index (κ3) is 3.95. The molecule has 27 heavy (non-hydrogen) atoms. The van der Waals surface area contributed by atoms with Crippen molar-refractivity contribution in [2.75, 3.05) is 18.5 Å². The van der Waals surface area contributed by atoms with Crippen LogP contribution in [-0.2, 0) is 16.6 Å². The van der Waals surface area contributed by atoms with E-state index in [1.807, 2.05) is 41.9 Å². The summed E-state index contributed by atoms with van der Waals surface area (Å²) in [5.74, 6) is 1.28. The molecule has 0 spiro atoms. The summed E-state index contributed by atoms with van der Waals surface area (Å²) in [5.41, 5.74) is 3.24. The van der Waals surface area contributed by atoms with Gasteiger partial charge in [-0.3, -0.25) is 5.32 Å². The number of oxazole rings is 1. The van der Waals surface area contributed by atoms with Crippen LogP contribution in [0.25, 0.3) is 22.1 Å². The van der Waals surface area contributed by atoms with Gasteiger partial charge in [-0.2, -0.15) is 14.6 Å². The molecular formula is C18H16N4O5. The molecule has 2 aromatic carbocycles. The summed E-state index contributed by atoms with van der Waals surface area (Å²) in [6.45, 7) is 0.207. The number of hydrogen-bond donors (Lipinski definition) is 2. The minimum Gasteiger partial charge on any atom is -0.491 e. The molecule has 0 aliphatic rings. The Morgan fingerprint density at radius 1 is 1.19 bits per heavy atom. The van der Waals surface area contributed by atoms with Crippen molar-refractivity contribution in [2.24, 2.45) is 7.05 Å². The Bertz CT molecular complexity index is 1100. The predicted octanol–water partition coefficient (Wildman–Crippen LogP) is 2.25. The van der Waals surface area contributed by atoms with Crippen molar-refractivity contribution < 1.29 is 23.8 Å². The number of aromatic nitrogens is 3. The molecule has 2 heterocycles. The van der Waals surface area contributed by atoms with E-state index in [9.17, 15) is 0 Å². The third-order valence-electron chi connectivity index (χ3n) is 3.73. The lowest BCUT2D eigenvalue weighted by Crippen LogP contribution is -2.01. The van der Waals surface area contributed by atoms with Gasteiger partial charge in [0.15, 0.2) is 5.58 Å². The highest BCUT2D eigenvalue weighted by molar-refractivity contribution is 5.80. The molecule has 4 rings (SSSR count). The van der Waals surface area contributed by atoms with Crippen LogP contribution in [0.2, 0.25) is 0 Å². The second-order valence-corrected chi connectivity index (χ2v) is 5.41. The quantitative estimate of drug-likeness (QED) is 0.550. The molecule has 2 N–H and O–H groups in total. The van der Waals surface area contributed by atoms with E-state index in [1.165, 1.54) is 0 Å². The number of benzene rings is 2. The molecule has 0 radical (unpaired) electrons. The first-order valence-electron chi connectivity index (χ1n) is 7.98. The first-order chi connectivity index (χ1) is 13.2. The van der Waals surface area contributed by atoms with Crippen LogP contribution in [0.3, 0.4) is 0 Å². The van der Waals surface area contributed by atoms with Crippen molar-refractivity contribution in [1.29, 1.82) is 0 Å². The number of aliphatic hydroxyl groups excluding tert-OH is 1. The van der Waals surface area contributed by atoms with E-state index in [0.717, 1.165) is 11.0 Å². The van der Waals surface area contributed by atoms with Gasteiger partial charge in [0, 0.05) is 13.1 Å². The van der Waals surface area contributed by atoms with E-state index in [1.54, 1.807) is 12.1 Å². The highest BCUT2D eigenvalue weighted by Crippen LogP contribution is 2.26. The maximum atomic E-state index is 8.81. The van der Waals surface area contributed by atoms with Crippen molar-refractivity contribution >= 4 is 40.2 Å². The van der Waals surface area contributed by atoms with Crippen LogP contribution < -0.4 is 10.1 Å². The summed E-state index contributed by atoms with van der Waals surface area (Å²) in [5, 5.41) is 11.9. The molecule has 0 saturated carbocycles. The van der Waals surface area contributed by atoms with E-state index < -0.39 is 0 Å². The van der Waals surface area contributed by atoms with E-state index >= 15 is 0 Å². The minimum atomic E-state index is -0.0338. The summed E-state index contributed by atoms with van der Waals surface area (Å²) in [6, 6.07) is 13.6. The van der Waals surface area contributed by atoms with Crippen LogP contribution in [0, 0.1) is 0 Å². The highest BCUT2D eigenvalue weighted by atomic mass is 16.5. The molecular weight excluding hydrogens is 352 g/mol. The smallest absolute Gasteiger partial charge is 0.373 e. The number of fused-ring (bicyclic) bond motifs is 2. The molecule has 9 nitrogen and oxygen atoms in total. The summed E-state index contributed by atoms with van der Waals surface area (Å²) in [4.78, 5) is 25.2. The average Bonchev–Trinajstić information content (AvgIpc) is 3.21. The van der Waals surface area contributed by atoms with Gasteiger partial charge >= 0.3 is 12.2 Å². The number of nitrogens with one attached hydrogen (secondary N) is 1. The SMILES string of the molecule is Cn1c(Nc2nc3ccc(OCCO)cc3o2)nc2ccccc21.O=C=O. The van der Waals surface area contributed by atoms with Crippen molar-refractivity contribution in [3.05, 3.63) is 42.5 Å². The number of hydrogen-bond acceptors (Lipinski definition) is 8. The monoisotopic (exact) mass is 368 g/mol. The zero-order valence-corrected chi connectivity index (χ0v) is 14.4. The van der Waals surface area contributed by atoms with Gasteiger partial charge in [0.05, 0.1) is 17.6 Å². The van der Waals surface area contributed by atoms with Gasteiger partial charge in [-0.05, 0) is 24.3 Å². The van der Waals surface area contributed by atoms with Crippen LogP contribution in [0.15, 0.2) is 46.9 Å². The van der Waals surface area contributed by atoms with Gasteiger partial charge < -0.3 is 18.8 Å². The predicted molar refractivity (Wildman–Crippen MR) is 95.6 cm³/mol. The number of carbonyl (C=O) groups excluding carboxylic acids is 2. The summed E-state index contributed by atoms with van der Waals surface area (Å²) >= 11 is 0. The number of aryl methyl sites for hydroxylation is 1. The standard InChI is InChI=1S/C17H16N4O3.CO2/c1-21-14-5-3-2-4-12(14)18-16(21)20-17-19-13-7-6-11(23-9-8-22)10-15(13)24-17;2-1-3/h2-7,10,22H,8-9H2,1H3,(H,18,19,20);. The molecule has 0 saturated heterocycles. The Hall–Kier alpha value is -3.68. The van der Waals surface area contributed by atoms with Crippen molar-refractivity contribution in [2.45, 2.75) is 0 Å². The lowest BCUT2D eigenvalue weighted by atomic mass is 10.3. The Morgan fingerprint density at radius 3 is 2.70 bits per heavy atom. The molecule has 138 valence electrons. The number of aliphatic hydroxyl groups is 1. The van der Waals surface area contributed by atoms with Crippen LogP contribution >= 0.6 is 0 Å². The highest BCUT2D eigenvalue weighted by Gasteiger charge is 2.12. The summed E-state index contributed by atoms with van der Waals surface area (Å²) < 4.78 is 13.0. The van der Waals surface area contributed by atoms with E-state index in [-0.39, 0.29) is 19.4 Å². The lowest BCUT2D eigenvalue weighted by molar-refractivity contribution is -0.191. The molecule has 0 atom stereocenters. The number of anilines is 2. The number of ether oxygens (including phenoxy) is 1. The Morgan fingerprint density at radius 2 is 1.96 bits per heavy atom. The first kappa shape index (κ1) is 18.1. The largest absolute Gasteiger partial charge is 0.491 e. The molecule has 9 heteroatoms. The van der Waals surface area contributed by atoms with E-state index in [2.05, 4.69) is 15.3 Å². The number of para-hydroxylation sites is 2. The molecule has 0 aliphatic carbocycles. The zero-order chi connectivity index (χ0) is 19.2. The molecule has 0 amide bonds. The van der Waals surface area contributed by atoms with Crippen LogP contribution in [0.5, 0.6) is 5.75 Å². The molecule has 0 bridgehead atoms. The number of rotatable bonds is 5. The first-order valence-corrected chi connectivity index (χ1v) is 7.98. The summed E-state index contributed by atoms with van der Waals surface area (Å²) in [7, 11) is 1.93. The van der Waals surface area contributed by atoms with Crippen molar-refractivity contribution in [1.82, 2.24) is 14.5 Å².